The second kappa shape index (κ2) is 4.29. The highest BCUT2D eigenvalue weighted by Gasteiger charge is 2.09. The Kier molecular flexibility index (Phi) is 3.09. The Hall–Kier alpha value is -2.28. The first-order valence-electron chi connectivity index (χ1n) is 4.26. The average molecular weight is 202 g/mol. The van der Waals surface area contributed by atoms with Crippen molar-refractivity contribution in [3.05, 3.63) is 35.4 Å². The van der Waals surface area contributed by atoms with Crippen LogP contribution in [0.1, 0.15) is 12.5 Å². The predicted molar refractivity (Wildman–Crippen MR) is 55.5 cm³/mol. The number of phenolic OH excluding ortho intramolecular Hbond substituents is 1. The van der Waals surface area contributed by atoms with E-state index in [9.17, 15) is 4.79 Å². The SMILES string of the molecule is C/C(=C(/C#N)C(N)=O)c1ccc(O)cc1. The summed E-state index contributed by atoms with van der Waals surface area (Å²) in [5, 5.41) is 17.8. The number of amides is 1. The number of carbonyl (C=O) groups is 1. The van der Waals surface area contributed by atoms with Crippen LogP contribution in [0, 0.1) is 11.3 Å². The molecule has 0 atom stereocenters. The first kappa shape index (κ1) is 10.8. The fourth-order valence-electron chi connectivity index (χ4n) is 1.18. The summed E-state index contributed by atoms with van der Waals surface area (Å²) in [6.07, 6.45) is 0. The van der Waals surface area contributed by atoms with Gasteiger partial charge in [-0.15, -0.1) is 0 Å². The highest BCUT2D eigenvalue weighted by molar-refractivity contribution is 6.03. The maximum atomic E-state index is 10.9. The van der Waals surface area contributed by atoms with Crippen molar-refractivity contribution in [2.75, 3.05) is 0 Å². The molecule has 4 nitrogen and oxygen atoms in total. The zero-order valence-electron chi connectivity index (χ0n) is 8.19. The summed E-state index contributed by atoms with van der Waals surface area (Å²) in [4.78, 5) is 10.9. The van der Waals surface area contributed by atoms with Crippen LogP contribution in [-0.2, 0) is 4.79 Å². The number of nitriles is 1. The number of allylic oxidation sites excluding steroid dienone is 1. The van der Waals surface area contributed by atoms with Gasteiger partial charge in [0.25, 0.3) is 5.91 Å². The fraction of sp³-hybridized carbons (Fsp3) is 0.0909. The van der Waals surface area contributed by atoms with Gasteiger partial charge in [-0.3, -0.25) is 4.79 Å². The first-order chi connectivity index (χ1) is 7.06. The maximum Gasteiger partial charge on any atom is 0.259 e. The lowest BCUT2D eigenvalue weighted by Crippen LogP contribution is -2.13. The second-order valence-corrected chi connectivity index (χ2v) is 3.02. The van der Waals surface area contributed by atoms with Crippen LogP contribution in [0.3, 0.4) is 0 Å². The van der Waals surface area contributed by atoms with Crippen LogP contribution in [0.25, 0.3) is 5.57 Å². The highest BCUT2D eigenvalue weighted by atomic mass is 16.3. The lowest BCUT2D eigenvalue weighted by atomic mass is 10.0. The number of nitrogens with zero attached hydrogens (tertiary/aromatic N) is 1. The number of hydrogen-bond donors (Lipinski definition) is 2. The molecule has 3 N–H and O–H groups in total. The number of hydrogen-bond acceptors (Lipinski definition) is 3. The van der Waals surface area contributed by atoms with Gasteiger partial charge in [-0.2, -0.15) is 5.26 Å². The summed E-state index contributed by atoms with van der Waals surface area (Å²) in [5.74, 6) is -0.618. The monoisotopic (exact) mass is 202 g/mol. The minimum Gasteiger partial charge on any atom is -0.508 e. The number of carbonyl (C=O) groups excluding carboxylic acids is 1. The molecule has 0 spiro atoms. The summed E-state index contributed by atoms with van der Waals surface area (Å²) in [5.41, 5.74) is 6.17. The van der Waals surface area contributed by atoms with Crippen molar-refractivity contribution >= 4 is 11.5 Å². The van der Waals surface area contributed by atoms with Gasteiger partial charge < -0.3 is 10.8 Å². The molecule has 0 aliphatic rings. The fourth-order valence-corrected chi connectivity index (χ4v) is 1.18. The number of benzene rings is 1. The summed E-state index contributed by atoms with van der Waals surface area (Å²) in [6, 6.07) is 7.95. The normalized spacial score (nSPS) is 11.5. The van der Waals surface area contributed by atoms with E-state index in [4.69, 9.17) is 16.1 Å². The van der Waals surface area contributed by atoms with Gasteiger partial charge in [0.15, 0.2) is 0 Å². The Morgan fingerprint density at radius 1 is 1.40 bits per heavy atom. The lowest BCUT2D eigenvalue weighted by Gasteiger charge is -2.03. The maximum absolute atomic E-state index is 10.9. The van der Waals surface area contributed by atoms with Crippen LogP contribution >= 0.6 is 0 Å². The molecule has 1 aromatic rings. The molecule has 0 aliphatic heterocycles. The Bertz CT molecular complexity index is 452. The van der Waals surface area contributed by atoms with Crippen LogP contribution in [0.2, 0.25) is 0 Å². The first-order valence-corrected chi connectivity index (χ1v) is 4.26. The van der Waals surface area contributed by atoms with Gasteiger partial charge in [0, 0.05) is 0 Å². The van der Waals surface area contributed by atoms with Crippen LogP contribution < -0.4 is 5.73 Å². The van der Waals surface area contributed by atoms with Crippen molar-refractivity contribution in [2.45, 2.75) is 6.92 Å². The van der Waals surface area contributed by atoms with Crippen LogP contribution in [-0.4, -0.2) is 11.0 Å². The third-order valence-corrected chi connectivity index (χ3v) is 2.03. The van der Waals surface area contributed by atoms with Crippen molar-refractivity contribution in [1.82, 2.24) is 0 Å². The molecule has 4 heteroatoms. The molecule has 1 aromatic carbocycles. The smallest absolute Gasteiger partial charge is 0.259 e. The zero-order chi connectivity index (χ0) is 11.4. The van der Waals surface area contributed by atoms with E-state index in [1.807, 2.05) is 0 Å². The molecular weight excluding hydrogens is 192 g/mol. The Morgan fingerprint density at radius 2 is 1.93 bits per heavy atom. The number of rotatable bonds is 2. The van der Waals surface area contributed by atoms with E-state index >= 15 is 0 Å². The number of primary amides is 1. The predicted octanol–water partition coefficient (Wildman–Crippen LogP) is 1.17. The molecule has 0 saturated carbocycles. The Labute approximate surface area is 87.3 Å². The van der Waals surface area contributed by atoms with Gasteiger partial charge in [0.2, 0.25) is 0 Å². The third-order valence-electron chi connectivity index (χ3n) is 2.03. The molecule has 15 heavy (non-hydrogen) atoms. The topological polar surface area (TPSA) is 87.1 Å². The van der Waals surface area contributed by atoms with Gasteiger partial charge >= 0.3 is 0 Å². The van der Waals surface area contributed by atoms with E-state index in [0.29, 0.717) is 11.1 Å². The second-order valence-electron chi connectivity index (χ2n) is 3.02. The quantitative estimate of drug-likeness (QED) is 0.557. The van der Waals surface area contributed by atoms with Gasteiger partial charge in [-0.25, -0.2) is 0 Å². The standard InChI is InChI=1S/C11H10N2O2/c1-7(10(6-12)11(13)15)8-2-4-9(14)5-3-8/h2-5,14H,1H3,(H2,13,15)/b10-7+. The molecule has 1 amide bonds. The molecule has 0 saturated heterocycles. The van der Waals surface area contributed by atoms with Crippen molar-refractivity contribution < 1.29 is 9.90 Å². The molecule has 1 rings (SSSR count). The van der Waals surface area contributed by atoms with Gasteiger partial charge in [0.05, 0.1) is 0 Å². The van der Waals surface area contributed by atoms with E-state index in [-0.39, 0.29) is 11.3 Å². The number of phenols is 1. The van der Waals surface area contributed by atoms with Crippen molar-refractivity contribution in [1.29, 1.82) is 5.26 Å². The van der Waals surface area contributed by atoms with Crippen LogP contribution in [0.15, 0.2) is 29.8 Å². The van der Waals surface area contributed by atoms with Crippen molar-refractivity contribution in [2.24, 2.45) is 5.73 Å². The number of nitrogens with two attached hydrogens (primary N) is 1. The van der Waals surface area contributed by atoms with E-state index in [1.165, 1.54) is 12.1 Å². The minimum atomic E-state index is -0.747. The van der Waals surface area contributed by atoms with Crippen LogP contribution in [0.4, 0.5) is 0 Å². The summed E-state index contributed by atoms with van der Waals surface area (Å²) in [6.45, 7) is 1.63. The van der Waals surface area contributed by atoms with Gasteiger partial charge in [0.1, 0.15) is 17.4 Å². The zero-order valence-corrected chi connectivity index (χ0v) is 8.19. The van der Waals surface area contributed by atoms with Gasteiger partial charge in [-0.1, -0.05) is 12.1 Å². The molecular formula is C11H10N2O2. The van der Waals surface area contributed by atoms with Crippen LogP contribution in [0.5, 0.6) is 5.75 Å². The molecule has 0 unspecified atom stereocenters. The highest BCUT2D eigenvalue weighted by Crippen LogP contribution is 2.20. The van der Waals surface area contributed by atoms with Crippen molar-refractivity contribution in [3.8, 4) is 11.8 Å². The number of aromatic hydroxyl groups is 1. The Morgan fingerprint density at radius 3 is 2.33 bits per heavy atom. The lowest BCUT2D eigenvalue weighted by molar-refractivity contribution is -0.114. The third kappa shape index (κ3) is 2.35. The molecule has 0 aromatic heterocycles. The molecule has 0 aliphatic carbocycles. The van der Waals surface area contributed by atoms with E-state index in [1.54, 1.807) is 25.1 Å². The van der Waals surface area contributed by atoms with E-state index < -0.39 is 5.91 Å². The average Bonchev–Trinajstić information content (AvgIpc) is 2.19. The molecule has 0 fully saturated rings. The van der Waals surface area contributed by atoms with Crippen molar-refractivity contribution in [3.63, 3.8) is 0 Å². The van der Waals surface area contributed by atoms with E-state index in [0.717, 1.165) is 0 Å². The molecule has 0 bridgehead atoms. The Balaban J connectivity index is 3.24. The molecule has 76 valence electrons. The molecule has 0 radical (unpaired) electrons. The minimum absolute atomic E-state index is 0.0688. The van der Waals surface area contributed by atoms with Gasteiger partial charge in [-0.05, 0) is 30.2 Å². The van der Waals surface area contributed by atoms with E-state index in [2.05, 4.69) is 0 Å². The largest absolute Gasteiger partial charge is 0.508 e. The summed E-state index contributed by atoms with van der Waals surface area (Å²) >= 11 is 0. The summed E-state index contributed by atoms with van der Waals surface area (Å²) in [7, 11) is 0. The molecule has 0 heterocycles. The summed E-state index contributed by atoms with van der Waals surface area (Å²) < 4.78 is 0.